The third kappa shape index (κ3) is 4.83. The molecule has 2 N–H and O–H groups in total. The van der Waals surface area contributed by atoms with E-state index in [1.165, 1.54) is 37.3 Å². The Bertz CT molecular complexity index is 1040. The van der Waals surface area contributed by atoms with E-state index in [9.17, 15) is 31.5 Å². The van der Waals surface area contributed by atoms with Gasteiger partial charge in [0.2, 0.25) is 0 Å². The quantitative estimate of drug-likeness (QED) is 0.672. The summed E-state index contributed by atoms with van der Waals surface area (Å²) in [6.07, 6.45) is -2.11. The predicted molar refractivity (Wildman–Crippen MR) is 110 cm³/mol. The molecule has 1 aromatic heterocycles. The average molecular weight is 474 g/mol. The number of nitrogens with one attached hydrogen (secondary N) is 1. The van der Waals surface area contributed by atoms with Crippen LogP contribution in [0.5, 0.6) is 0 Å². The van der Waals surface area contributed by atoms with Gasteiger partial charge >= 0.3 is 6.18 Å². The number of sulfone groups is 1. The molecule has 0 spiro atoms. The lowest BCUT2D eigenvalue weighted by atomic mass is 9.85. The minimum atomic E-state index is -4.64. The molecule has 176 valence electrons. The zero-order valence-corrected chi connectivity index (χ0v) is 18.6. The SMILES string of the molecule is CC(C)(C1CCN(C(=O)[C@@H](O)Cc2cnc[nH]2)CC1)S(=O)(=O)c1cccc(C(F)(F)F)c1. The van der Waals surface area contributed by atoms with Gasteiger partial charge in [0.1, 0.15) is 6.10 Å². The Hall–Kier alpha value is -2.40. The third-order valence-electron chi connectivity index (χ3n) is 6.21. The van der Waals surface area contributed by atoms with Crippen LogP contribution in [0.25, 0.3) is 0 Å². The van der Waals surface area contributed by atoms with E-state index in [-0.39, 0.29) is 30.3 Å². The van der Waals surface area contributed by atoms with Crippen LogP contribution in [0, 0.1) is 5.92 Å². The van der Waals surface area contributed by atoms with Gasteiger partial charge in [0.15, 0.2) is 9.84 Å². The van der Waals surface area contributed by atoms with E-state index in [0.29, 0.717) is 24.6 Å². The smallest absolute Gasteiger partial charge is 0.383 e. The van der Waals surface area contributed by atoms with Crippen LogP contribution < -0.4 is 0 Å². The number of likely N-dealkylation sites (tertiary alicyclic amines) is 1. The second-order valence-electron chi connectivity index (χ2n) is 8.53. The maximum Gasteiger partial charge on any atom is 0.416 e. The number of carbonyl (C=O) groups excluding carboxylic acids is 1. The molecule has 0 saturated carbocycles. The van der Waals surface area contributed by atoms with Crippen molar-refractivity contribution in [3.63, 3.8) is 0 Å². The molecule has 0 radical (unpaired) electrons. The summed E-state index contributed by atoms with van der Waals surface area (Å²) < 4.78 is 64.3. The van der Waals surface area contributed by atoms with Gasteiger partial charge in [-0.1, -0.05) is 6.07 Å². The monoisotopic (exact) mass is 473 g/mol. The van der Waals surface area contributed by atoms with Crippen molar-refractivity contribution >= 4 is 15.7 Å². The molecule has 2 heterocycles. The first kappa shape index (κ1) is 24.2. The van der Waals surface area contributed by atoms with Crippen molar-refractivity contribution in [1.82, 2.24) is 14.9 Å². The standard InChI is InChI=1S/C21H26F3N3O4S/c1-20(2,32(30,31)17-5-3-4-15(10-17)21(22,23)24)14-6-8-27(9-7-14)19(29)18(28)11-16-12-25-13-26-16/h3-5,10,12-14,18,28H,6-9,11H2,1-2H3,(H,25,26)/t18-/m0/s1. The number of aliphatic hydroxyl groups is 1. The molecule has 0 bridgehead atoms. The normalized spacial score (nSPS) is 17.4. The Kier molecular flexibility index (Phi) is 6.71. The number of aromatic amines is 1. The first-order chi connectivity index (χ1) is 14.8. The Morgan fingerprint density at radius 3 is 2.50 bits per heavy atom. The highest BCUT2D eigenvalue weighted by Gasteiger charge is 2.45. The number of carbonyl (C=O) groups is 1. The number of benzene rings is 1. The molecule has 1 aliphatic rings. The van der Waals surface area contributed by atoms with Crippen LogP contribution in [-0.4, -0.2) is 58.2 Å². The average Bonchev–Trinajstić information content (AvgIpc) is 3.25. The fourth-order valence-electron chi connectivity index (χ4n) is 4.06. The fraction of sp³-hybridized carbons (Fsp3) is 0.524. The summed E-state index contributed by atoms with van der Waals surface area (Å²) in [5.74, 6) is -0.813. The number of piperidine rings is 1. The van der Waals surface area contributed by atoms with E-state index >= 15 is 0 Å². The Balaban J connectivity index is 1.69. The van der Waals surface area contributed by atoms with Crippen molar-refractivity contribution in [3.8, 4) is 0 Å². The van der Waals surface area contributed by atoms with E-state index in [2.05, 4.69) is 9.97 Å². The Morgan fingerprint density at radius 2 is 1.94 bits per heavy atom. The molecule has 1 aliphatic heterocycles. The van der Waals surface area contributed by atoms with E-state index in [1.54, 1.807) is 0 Å². The zero-order chi connectivity index (χ0) is 23.7. The molecule has 1 aromatic carbocycles. The van der Waals surface area contributed by atoms with Crippen LogP contribution >= 0.6 is 0 Å². The van der Waals surface area contributed by atoms with Gasteiger partial charge < -0.3 is 15.0 Å². The largest absolute Gasteiger partial charge is 0.416 e. The van der Waals surface area contributed by atoms with E-state index in [4.69, 9.17) is 0 Å². The summed E-state index contributed by atoms with van der Waals surface area (Å²) in [6, 6.07) is 3.77. The van der Waals surface area contributed by atoms with Gasteiger partial charge in [-0.3, -0.25) is 4.79 Å². The molecule has 0 aliphatic carbocycles. The van der Waals surface area contributed by atoms with Gasteiger partial charge in [-0.15, -0.1) is 0 Å². The summed E-state index contributed by atoms with van der Waals surface area (Å²) in [7, 11) is -4.07. The first-order valence-electron chi connectivity index (χ1n) is 10.2. The second-order valence-corrected chi connectivity index (χ2v) is 11.1. The molecule has 3 rings (SSSR count). The zero-order valence-electron chi connectivity index (χ0n) is 17.8. The number of rotatable bonds is 6. The summed E-state index contributed by atoms with van der Waals surface area (Å²) >= 11 is 0. The molecule has 7 nitrogen and oxygen atoms in total. The van der Waals surface area contributed by atoms with Crippen LogP contribution in [0.2, 0.25) is 0 Å². The highest BCUT2D eigenvalue weighted by atomic mass is 32.2. The number of amides is 1. The number of hydrogen-bond acceptors (Lipinski definition) is 5. The lowest BCUT2D eigenvalue weighted by Gasteiger charge is -2.40. The third-order valence-corrected chi connectivity index (χ3v) is 8.80. The molecule has 11 heteroatoms. The summed E-state index contributed by atoms with van der Waals surface area (Å²) in [4.78, 5) is 20.3. The first-order valence-corrected chi connectivity index (χ1v) is 11.7. The van der Waals surface area contributed by atoms with Gasteiger partial charge in [-0.25, -0.2) is 13.4 Å². The maximum atomic E-state index is 13.2. The Labute approximate surface area is 184 Å². The number of nitrogens with zero attached hydrogens (tertiary/aromatic N) is 2. The fourth-order valence-corrected chi connectivity index (χ4v) is 5.88. The summed E-state index contributed by atoms with van der Waals surface area (Å²) in [6.45, 7) is 3.53. The number of imidazole rings is 1. The highest BCUT2D eigenvalue weighted by molar-refractivity contribution is 7.92. The van der Waals surface area contributed by atoms with Crippen molar-refractivity contribution in [3.05, 3.63) is 48.0 Å². The number of hydrogen-bond donors (Lipinski definition) is 2. The molecular weight excluding hydrogens is 447 g/mol. The highest BCUT2D eigenvalue weighted by Crippen LogP contribution is 2.39. The molecule has 0 unspecified atom stereocenters. The minimum Gasteiger partial charge on any atom is -0.383 e. The van der Waals surface area contributed by atoms with Crippen molar-refractivity contribution in [2.75, 3.05) is 13.1 Å². The van der Waals surface area contributed by atoms with E-state index in [1.807, 2.05) is 0 Å². The maximum absolute atomic E-state index is 13.2. The van der Waals surface area contributed by atoms with Crippen LogP contribution in [0.1, 0.15) is 37.9 Å². The second kappa shape index (κ2) is 8.86. The lowest BCUT2D eigenvalue weighted by molar-refractivity contribution is -0.141. The number of halogens is 3. The van der Waals surface area contributed by atoms with Gasteiger partial charge in [0.05, 0.1) is 21.5 Å². The number of alkyl halides is 3. The van der Waals surface area contributed by atoms with E-state index < -0.39 is 38.3 Å². The minimum absolute atomic E-state index is 0.0914. The van der Waals surface area contributed by atoms with Gasteiger partial charge in [0.25, 0.3) is 5.91 Å². The van der Waals surface area contributed by atoms with Crippen molar-refractivity contribution in [1.29, 1.82) is 0 Å². The van der Waals surface area contributed by atoms with Crippen LogP contribution in [0.15, 0.2) is 41.7 Å². The molecule has 1 saturated heterocycles. The van der Waals surface area contributed by atoms with Crippen LogP contribution in [-0.2, 0) is 27.2 Å². The van der Waals surface area contributed by atoms with Crippen molar-refractivity contribution in [2.24, 2.45) is 5.92 Å². The lowest BCUT2D eigenvalue weighted by Crippen LogP contribution is -2.50. The molecule has 32 heavy (non-hydrogen) atoms. The van der Waals surface area contributed by atoms with Crippen molar-refractivity contribution < 1.29 is 31.5 Å². The van der Waals surface area contributed by atoms with E-state index in [0.717, 1.165) is 12.1 Å². The summed E-state index contributed by atoms with van der Waals surface area (Å²) in [5.41, 5.74) is -0.393. The molecular formula is C21H26F3N3O4S. The van der Waals surface area contributed by atoms with Gasteiger partial charge in [-0.05, 0) is 50.8 Å². The molecule has 1 atom stereocenters. The van der Waals surface area contributed by atoms with Gasteiger partial charge in [-0.2, -0.15) is 13.2 Å². The Morgan fingerprint density at radius 1 is 1.28 bits per heavy atom. The topological polar surface area (TPSA) is 103 Å². The predicted octanol–water partition coefficient (Wildman–Crippen LogP) is 2.82. The molecule has 1 amide bonds. The van der Waals surface area contributed by atoms with Crippen LogP contribution in [0.4, 0.5) is 13.2 Å². The van der Waals surface area contributed by atoms with Crippen LogP contribution in [0.3, 0.4) is 0 Å². The van der Waals surface area contributed by atoms with Gasteiger partial charge in [0, 0.05) is 31.4 Å². The summed E-state index contributed by atoms with van der Waals surface area (Å²) in [5, 5.41) is 10.2. The number of aromatic nitrogens is 2. The number of H-pyrrole nitrogens is 1. The van der Waals surface area contributed by atoms with Crippen molar-refractivity contribution in [2.45, 2.75) is 55.0 Å². The molecule has 1 fully saturated rings. The number of aliphatic hydroxyl groups excluding tert-OH is 1. The molecule has 2 aromatic rings.